The molecule has 0 aliphatic carbocycles. The Morgan fingerprint density at radius 2 is 2.00 bits per heavy atom. The molecule has 2 atom stereocenters. The van der Waals surface area contributed by atoms with E-state index in [1.807, 2.05) is 11.3 Å². The molecule has 0 aliphatic rings. The Balaban J connectivity index is 2.42. The molecule has 0 aliphatic heterocycles. The number of thiophene rings is 1. The molecule has 1 rings (SSSR count). The third-order valence-electron chi connectivity index (χ3n) is 3.16. The third-order valence-corrected chi connectivity index (χ3v) is 4.54. The molecule has 92 valence electrons. The van der Waals surface area contributed by atoms with Crippen molar-refractivity contribution in [2.24, 2.45) is 5.73 Å². The van der Waals surface area contributed by atoms with Crippen LogP contribution in [-0.4, -0.2) is 6.04 Å². The first-order valence-electron chi connectivity index (χ1n) is 6.51. The predicted octanol–water partition coefficient (Wildman–Crippen LogP) is 4.32. The molecular weight excluding hydrogens is 214 g/mol. The maximum atomic E-state index is 5.96. The highest BCUT2D eigenvalue weighted by Crippen LogP contribution is 2.29. The quantitative estimate of drug-likeness (QED) is 0.753. The number of aryl methyl sites for hydroxylation is 1. The Morgan fingerprint density at radius 1 is 1.25 bits per heavy atom. The Morgan fingerprint density at radius 3 is 2.62 bits per heavy atom. The molecule has 2 N–H and O–H groups in total. The first-order valence-corrected chi connectivity index (χ1v) is 7.33. The summed E-state index contributed by atoms with van der Waals surface area (Å²) in [6.45, 7) is 6.73. The summed E-state index contributed by atoms with van der Waals surface area (Å²) in [5.74, 6) is 0.674. The van der Waals surface area contributed by atoms with Gasteiger partial charge in [0.05, 0.1) is 0 Å². The van der Waals surface area contributed by atoms with Crippen LogP contribution >= 0.6 is 11.3 Å². The average Bonchev–Trinajstić information content (AvgIpc) is 2.74. The van der Waals surface area contributed by atoms with E-state index in [2.05, 4.69) is 32.9 Å². The zero-order valence-corrected chi connectivity index (χ0v) is 11.6. The van der Waals surface area contributed by atoms with Crippen LogP contribution in [-0.2, 0) is 6.42 Å². The molecule has 1 nitrogen and oxygen atoms in total. The van der Waals surface area contributed by atoms with Gasteiger partial charge >= 0.3 is 0 Å². The van der Waals surface area contributed by atoms with Gasteiger partial charge in [-0.3, -0.25) is 0 Å². The van der Waals surface area contributed by atoms with Gasteiger partial charge in [0.2, 0.25) is 0 Å². The Hall–Kier alpha value is -0.340. The summed E-state index contributed by atoms with van der Waals surface area (Å²) >= 11 is 1.98. The number of nitrogens with two attached hydrogens (primary N) is 1. The maximum absolute atomic E-state index is 5.96. The lowest BCUT2D eigenvalue weighted by Crippen LogP contribution is -2.18. The third kappa shape index (κ3) is 4.26. The molecule has 1 aromatic heterocycles. The van der Waals surface area contributed by atoms with Crippen molar-refractivity contribution >= 4 is 11.3 Å². The Labute approximate surface area is 104 Å². The number of rotatable bonds is 7. The van der Waals surface area contributed by atoms with E-state index in [0.717, 1.165) is 12.8 Å². The van der Waals surface area contributed by atoms with E-state index in [1.54, 1.807) is 0 Å². The van der Waals surface area contributed by atoms with Crippen LogP contribution in [0.15, 0.2) is 12.1 Å². The molecule has 0 amide bonds. The first kappa shape index (κ1) is 13.7. The van der Waals surface area contributed by atoms with Crippen LogP contribution in [0.2, 0.25) is 0 Å². The molecular formula is C14H25NS. The molecule has 0 aromatic carbocycles. The zero-order valence-electron chi connectivity index (χ0n) is 10.8. The van der Waals surface area contributed by atoms with E-state index >= 15 is 0 Å². The van der Waals surface area contributed by atoms with E-state index in [1.165, 1.54) is 29.0 Å². The van der Waals surface area contributed by atoms with Crippen molar-refractivity contribution < 1.29 is 0 Å². The summed E-state index contributed by atoms with van der Waals surface area (Å²) in [4.78, 5) is 3.07. The lowest BCUT2D eigenvalue weighted by Gasteiger charge is -2.12. The summed E-state index contributed by atoms with van der Waals surface area (Å²) in [5, 5.41) is 0. The highest BCUT2D eigenvalue weighted by Gasteiger charge is 2.10. The van der Waals surface area contributed by atoms with Gasteiger partial charge in [0.15, 0.2) is 0 Å². The molecule has 0 saturated carbocycles. The van der Waals surface area contributed by atoms with Crippen LogP contribution in [0.25, 0.3) is 0 Å². The van der Waals surface area contributed by atoms with Crippen LogP contribution in [0.1, 0.15) is 62.1 Å². The standard InChI is InChI=1S/C14H25NS/c1-4-6-13-9-10-14(16-13)11(3)7-8-12(15)5-2/h9-12H,4-8,15H2,1-3H3. The van der Waals surface area contributed by atoms with Crippen LogP contribution in [0.5, 0.6) is 0 Å². The topological polar surface area (TPSA) is 26.0 Å². The fourth-order valence-corrected chi connectivity index (χ4v) is 3.05. The van der Waals surface area contributed by atoms with Crippen molar-refractivity contribution in [2.45, 2.75) is 64.8 Å². The lowest BCUT2D eigenvalue weighted by molar-refractivity contribution is 0.534. The van der Waals surface area contributed by atoms with Crippen LogP contribution < -0.4 is 5.73 Å². The minimum Gasteiger partial charge on any atom is -0.328 e. The van der Waals surface area contributed by atoms with Crippen molar-refractivity contribution in [2.75, 3.05) is 0 Å². The predicted molar refractivity (Wildman–Crippen MR) is 74.2 cm³/mol. The zero-order chi connectivity index (χ0) is 12.0. The van der Waals surface area contributed by atoms with Crippen LogP contribution in [0.3, 0.4) is 0 Å². The highest BCUT2D eigenvalue weighted by atomic mass is 32.1. The molecule has 2 heteroatoms. The van der Waals surface area contributed by atoms with E-state index < -0.39 is 0 Å². The second-order valence-electron chi connectivity index (χ2n) is 4.70. The van der Waals surface area contributed by atoms with E-state index in [0.29, 0.717) is 12.0 Å². The molecule has 2 unspecified atom stereocenters. The second-order valence-corrected chi connectivity index (χ2v) is 5.90. The Kier molecular flexibility index (Phi) is 6.07. The lowest BCUT2D eigenvalue weighted by atomic mass is 9.99. The van der Waals surface area contributed by atoms with Gasteiger partial charge in [0.25, 0.3) is 0 Å². The van der Waals surface area contributed by atoms with Crippen molar-refractivity contribution in [3.63, 3.8) is 0 Å². The fraction of sp³-hybridized carbons (Fsp3) is 0.714. The molecule has 1 heterocycles. The smallest absolute Gasteiger partial charge is 0.00763 e. The molecule has 0 bridgehead atoms. The summed E-state index contributed by atoms with van der Waals surface area (Å²) in [6, 6.07) is 4.98. The number of hydrogen-bond acceptors (Lipinski definition) is 2. The summed E-state index contributed by atoms with van der Waals surface area (Å²) < 4.78 is 0. The van der Waals surface area contributed by atoms with Crippen molar-refractivity contribution in [1.82, 2.24) is 0 Å². The van der Waals surface area contributed by atoms with E-state index in [-0.39, 0.29) is 0 Å². The SMILES string of the molecule is CCCc1ccc(C(C)CCC(N)CC)s1. The van der Waals surface area contributed by atoms with Gasteiger partial charge in [-0.15, -0.1) is 11.3 Å². The minimum absolute atomic E-state index is 0.387. The molecule has 0 radical (unpaired) electrons. The second kappa shape index (κ2) is 7.08. The normalized spacial score (nSPS) is 15.0. The van der Waals surface area contributed by atoms with Crippen molar-refractivity contribution in [3.8, 4) is 0 Å². The van der Waals surface area contributed by atoms with Gasteiger partial charge in [-0.1, -0.05) is 27.2 Å². The Bertz CT molecular complexity index is 293. The van der Waals surface area contributed by atoms with Gasteiger partial charge in [-0.05, 0) is 43.7 Å². The monoisotopic (exact) mass is 239 g/mol. The van der Waals surface area contributed by atoms with E-state index in [4.69, 9.17) is 5.73 Å². The van der Waals surface area contributed by atoms with Crippen LogP contribution in [0, 0.1) is 0 Å². The molecule has 16 heavy (non-hydrogen) atoms. The molecule has 0 spiro atoms. The van der Waals surface area contributed by atoms with E-state index in [9.17, 15) is 0 Å². The van der Waals surface area contributed by atoms with Gasteiger partial charge in [-0.2, -0.15) is 0 Å². The summed E-state index contributed by atoms with van der Waals surface area (Å²) in [5.41, 5.74) is 5.96. The maximum Gasteiger partial charge on any atom is 0.00763 e. The summed E-state index contributed by atoms with van der Waals surface area (Å²) in [6.07, 6.45) is 5.94. The van der Waals surface area contributed by atoms with Gasteiger partial charge < -0.3 is 5.73 Å². The van der Waals surface area contributed by atoms with Gasteiger partial charge in [0.1, 0.15) is 0 Å². The highest BCUT2D eigenvalue weighted by molar-refractivity contribution is 7.12. The van der Waals surface area contributed by atoms with Gasteiger partial charge in [-0.25, -0.2) is 0 Å². The average molecular weight is 239 g/mol. The molecule has 1 aromatic rings. The first-order chi connectivity index (χ1) is 7.67. The van der Waals surface area contributed by atoms with Crippen LogP contribution in [0.4, 0.5) is 0 Å². The van der Waals surface area contributed by atoms with Crippen molar-refractivity contribution in [3.05, 3.63) is 21.9 Å². The van der Waals surface area contributed by atoms with Gasteiger partial charge in [0, 0.05) is 15.8 Å². The largest absolute Gasteiger partial charge is 0.328 e. The fourth-order valence-electron chi connectivity index (χ4n) is 1.85. The van der Waals surface area contributed by atoms with Crippen molar-refractivity contribution in [1.29, 1.82) is 0 Å². The molecule has 0 saturated heterocycles. The summed E-state index contributed by atoms with van der Waals surface area (Å²) in [7, 11) is 0. The molecule has 0 fully saturated rings. The minimum atomic E-state index is 0.387. The number of hydrogen-bond donors (Lipinski definition) is 1.